The van der Waals surface area contributed by atoms with Crippen LogP contribution in [0.4, 0.5) is 4.79 Å². The number of carbonyl (C=O) groups is 2. The zero-order valence-corrected chi connectivity index (χ0v) is 10.9. The number of aliphatic carboxylic acids is 1. The lowest BCUT2D eigenvalue weighted by Gasteiger charge is -2.20. The van der Waals surface area contributed by atoms with Gasteiger partial charge in [-0.1, -0.05) is 0 Å². The van der Waals surface area contributed by atoms with Crippen LogP contribution in [0.15, 0.2) is 0 Å². The van der Waals surface area contributed by atoms with Gasteiger partial charge in [0.05, 0.1) is 25.3 Å². The zero-order valence-electron chi connectivity index (χ0n) is 10.1. The smallest absolute Gasteiger partial charge is 0.326 e. The van der Waals surface area contributed by atoms with Gasteiger partial charge in [0.25, 0.3) is 0 Å². The number of rotatable bonds is 5. The lowest BCUT2D eigenvalue weighted by Crippen LogP contribution is -2.47. The predicted octanol–water partition coefficient (Wildman–Crippen LogP) is -1.06. The Hall–Kier alpha value is -0.990. The third-order valence-electron chi connectivity index (χ3n) is 2.75. The van der Waals surface area contributed by atoms with Gasteiger partial charge in [0, 0.05) is 0 Å². The molecular formula is C10H18N2O5S. The molecule has 0 bridgehead atoms. The number of thioether (sulfide) groups is 1. The molecule has 1 aliphatic heterocycles. The van der Waals surface area contributed by atoms with E-state index < -0.39 is 30.3 Å². The van der Waals surface area contributed by atoms with Crippen LogP contribution < -0.4 is 5.32 Å². The molecule has 2 amide bonds. The summed E-state index contributed by atoms with van der Waals surface area (Å²) in [5.41, 5.74) is 0. The van der Waals surface area contributed by atoms with E-state index in [9.17, 15) is 19.8 Å². The minimum Gasteiger partial charge on any atom is -0.480 e. The summed E-state index contributed by atoms with van der Waals surface area (Å²) >= 11 is 1.50. The number of aliphatic hydroxyl groups excluding tert-OH is 2. The quantitative estimate of drug-likeness (QED) is 0.510. The molecule has 0 saturated carbocycles. The van der Waals surface area contributed by atoms with Gasteiger partial charge in [0.2, 0.25) is 0 Å². The maximum atomic E-state index is 11.7. The number of nitrogens with one attached hydrogen (secondary N) is 1. The molecule has 18 heavy (non-hydrogen) atoms. The normalized spacial score (nSPS) is 24.9. The highest BCUT2D eigenvalue weighted by atomic mass is 32.2. The third-order valence-corrected chi connectivity index (χ3v) is 3.40. The summed E-state index contributed by atoms with van der Waals surface area (Å²) in [6, 6.07) is -1.51. The molecule has 0 radical (unpaired) electrons. The highest BCUT2D eigenvalue weighted by Crippen LogP contribution is 2.10. The number of nitrogens with zero attached hydrogens (tertiary/aromatic N) is 1. The molecule has 1 saturated heterocycles. The van der Waals surface area contributed by atoms with Gasteiger partial charge in [-0.05, 0) is 18.4 Å². The number of β-amino-alcohol motifs (C(OH)–C–C–N with tert-alkyl or cyclic N) is 2. The van der Waals surface area contributed by atoms with Crippen molar-refractivity contribution in [2.24, 2.45) is 0 Å². The Morgan fingerprint density at radius 2 is 1.94 bits per heavy atom. The average Bonchev–Trinajstić information content (AvgIpc) is 2.64. The number of carboxylic acid groups (broad SMARTS) is 1. The first-order chi connectivity index (χ1) is 8.45. The van der Waals surface area contributed by atoms with Crippen LogP contribution in [0.5, 0.6) is 0 Å². The van der Waals surface area contributed by atoms with Gasteiger partial charge in [0.1, 0.15) is 6.04 Å². The summed E-state index contributed by atoms with van der Waals surface area (Å²) in [4.78, 5) is 23.9. The molecule has 0 aromatic heterocycles. The second-order valence-corrected chi connectivity index (χ2v) is 5.15. The molecular weight excluding hydrogens is 260 g/mol. The van der Waals surface area contributed by atoms with Gasteiger partial charge in [0.15, 0.2) is 0 Å². The van der Waals surface area contributed by atoms with Crippen LogP contribution in [0, 0.1) is 0 Å². The molecule has 3 atom stereocenters. The second-order valence-electron chi connectivity index (χ2n) is 4.16. The first-order valence-electron chi connectivity index (χ1n) is 5.59. The average molecular weight is 278 g/mol. The monoisotopic (exact) mass is 278 g/mol. The van der Waals surface area contributed by atoms with Crippen molar-refractivity contribution in [1.82, 2.24) is 10.2 Å². The van der Waals surface area contributed by atoms with Crippen molar-refractivity contribution in [2.75, 3.05) is 25.1 Å². The molecule has 0 aliphatic carbocycles. The summed E-state index contributed by atoms with van der Waals surface area (Å²) < 4.78 is 0. The van der Waals surface area contributed by atoms with Crippen LogP contribution in [0.1, 0.15) is 6.42 Å². The number of likely N-dealkylation sites (tertiary alicyclic amines) is 1. The van der Waals surface area contributed by atoms with Crippen LogP contribution in [0.2, 0.25) is 0 Å². The standard InChI is InChI=1S/C10H18N2O5S/c1-18-3-2-6(9(15)16)11-10(17)12-4-7(13)8(14)5-12/h6-8,13-14H,2-5H2,1H3,(H,11,17)(H,15,16)/t6-,7?,8?/m0/s1. The second kappa shape index (κ2) is 6.81. The number of urea groups is 1. The molecule has 7 nitrogen and oxygen atoms in total. The van der Waals surface area contributed by atoms with E-state index in [1.54, 1.807) is 0 Å². The largest absolute Gasteiger partial charge is 0.480 e. The lowest BCUT2D eigenvalue weighted by atomic mass is 10.2. The van der Waals surface area contributed by atoms with E-state index in [2.05, 4.69) is 5.32 Å². The number of hydrogen-bond donors (Lipinski definition) is 4. The van der Waals surface area contributed by atoms with E-state index in [0.29, 0.717) is 12.2 Å². The Kier molecular flexibility index (Phi) is 5.70. The molecule has 104 valence electrons. The van der Waals surface area contributed by atoms with Gasteiger partial charge < -0.3 is 25.5 Å². The van der Waals surface area contributed by atoms with E-state index in [4.69, 9.17) is 5.11 Å². The molecule has 0 spiro atoms. The maximum absolute atomic E-state index is 11.7. The van der Waals surface area contributed by atoms with E-state index in [-0.39, 0.29) is 13.1 Å². The number of carbonyl (C=O) groups excluding carboxylic acids is 1. The first-order valence-corrected chi connectivity index (χ1v) is 6.98. The minimum absolute atomic E-state index is 0.0157. The zero-order chi connectivity index (χ0) is 13.7. The minimum atomic E-state index is -1.09. The molecule has 1 fully saturated rings. The third kappa shape index (κ3) is 4.04. The van der Waals surface area contributed by atoms with E-state index in [0.717, 1.165) is 0 Å². The Labute approximate surface area is 109 Å². The number of hydrogen-bond acceptors (Lipinski definition) is 5. The topological polar surface area (TPSA) is 110 Å². The van der Waals surface area contributed by atoms with E-state index >= 15 is 0 Å². The van der Waals surface area contributed by atoms with Gasteiger partial charge in [-0.3, -0.25) is 0 Å². The van der Waals surface area contributed by atoms with Crippen molar-refractivity contribution in [3.8, 4) is 0 Å². The Morgan fingerprint density at radius 3 is 2.39 bits per heavy atom. The summed E-state index contributed by atoms with van der Waals surface area (Å²) in [5, 5.41) is 30.0. The fraction of sp³-hybridized carbons (Fsp3) is 0.800. The SMILES string of the molecule is CSCC[C@H](NC(=O)N1CC(O)C(O)C1)C(=O)O. The first kappa shape index (κ1) is 15.1. The van der Waals surface area contributed by atoms with Gasteiger partial charge >= 0.3 is 12.0 Å². The molecule has 4 N–H and O–H groups in total. The molecule has 2 unspecified atom stereocenters. The Morgan fingerprint density at radius 1 is 1.39 bits per heavy atom. The fourth-order valence-corrected chi connectivity index (χ4v) is 2.14. The molecule has 8 heteroatoms. The van der Waals surface area contributed by atoms with Gasteiger partial charge in [-0.25, -0.2) is 9.59 Å². The van der Waals surface area contributed by atoms with Crippen LogP contribution in [-0.4, -0.2) is 75.6 Å². The maximum Gasteiger partial charge on any atom is 0.326 e. The highest BCUT2D eigenvalue weighted by Gasteiger charge is 2.33. The van der Waals surface area contributed by atoms with Crippen molar-refractivity contribution in [2.45, 2.75) is 24.7 Å². The van der Waals surface area contributed by atoms with Crippen LogP contribution in [0.25, 0.3) is 0 Å². The molecule has 1 heterocycles. The van der Waals surface area contributed by atoms with Gasteiger partial charge in [-0.15, -0.1) is 0 Å². The molecule has 0 aromatic carbocycles. The Bertz CT molecular complexity index is 305. The highest BCUT2D eigenvalue weighted by molar-refractivity contribution is 7.98. The summed E-state index contributed by atoms with van der Waals surface area (Å²) in [7, 11) is 0. The van der Waals surface area contributed by atoms with Crippen molar-refractivity contribution < 1.29 is 24.9 Å². The van der Waals surface area contributed by atoms with Crippen LogP contribution in [-0.2, 0) is 4.79 Å². The number of amides is 2. The summed E-state index contributed by atoms with van der Waals surface area (Å²) in [6.45, 7) is 0.0315. The number of carboxylic acids is 1. The fourth-order valence-electron chi connectivity index (χ4n) is 1.67. The number of aliphatic hydroxyl groups is 2. The van der Waals surface area contributed by atoms with E-state index in [1.807, 2.05) is 6.26 Å². The van der Waals surface area contributed by atoms with Crippen molar-refractivity contribution >= 4 is 23.8 Å². The van der Waals surface area contributed by atoms with Crippen LogP contribution in [0.3, 0.4) is 0 Å². The summed E-state index contributed by atoms with van der Waals surface area (Å²) in [5.74, 6) is -0.458. The lowest BCUT2D eigenvalue weighted by molar-refractivity contribution is -0.139. The van der Waals surface area contributed by atoms with Crippen LogP contribution >= 0.6 is 11.8 Å². The van der Waals surface area contributed by atoms with Crippen molar-refractivity contribution in [1.29, 1.82) is 0 Å². The molecule has 0 aromatic rings. The Balaban J connectivity index is 2.48. The molecule has 1 aliphatic rings. The van der Waals surface area contributed by atoms with E-state index in [1.165, 1.54) is 16.7 Å². The van der Waals surface area contributed by atoms with Crippen molar-refractivity contribution in [3.05, 3.63) is 0 Å². The predicted molar refractivity (Wildman–Crippen MR) is 66.5 cm³/mol. The molecule has 1 rings (SSSR count). The van der Waals surface area contributed by atoms with Crippen molar-refractivity contribution in [3.63, 3.8) is 0 Å². The summed E-state index contributed by atoms with van der Waals surface area (Å²) in [6.07, 6.45) is 0.255. The van der Waals surface area contributed by atoms with Gasteiger partial charge in [-0.2, -0.15) is 11.8 Å².